The van der Waals surface area contributed by atoms with Crippen molar-refractivity contribution in [2.45, 2.75) is 0 Å². The molecule has 2 aromatic carbocycles. The Morgan fingerprint density at radius 3 is 2.79 bits per heavy atom. The van der Waals surface area contributed by atoms with E-state index in [4.69, 9.17) is 10.5 Å². The molecule has 0 radical (unpaired) electrons. The molecule has 0 saturated carbocycles. The molecule has 0 unspecified atom stereocenters. The molecule has 0 amide bonds. The van der Waals surface area contributed by atoms with Crippen molar-refractivity contribution < 1.29 is 4.74 Å². The number of benzene rings is 2. The third-order valence-corrected chi connectivity index (χ3v) is 4.60. The van der Waals surface area contributed by atoms with Crippen LogP contribution in [-0.4, -0.2) is 12.1 Å². The average molecular weight is 335 g/mol. The summed E-state index contributed by atoms with van der Waals surface area (Å²) in [5.74, 6) is 0.848. The van der Waals surface area contributed by atoms with Crippen LogP contribution in [0.25, 0.3) is 20.8 Å². The van der Waals surface area contributed by atoms with Gasteiger partial charge in [0.25, 0.3) is 0 Å². The van der Waals surface area contributed by atoms with E-state index >= 15 is 0 Å². The molecule has 2 N–H and O–H groups in total. The van der Waals surface area contributed by atoms with E-state index in [1.807, 2.05) is 36.4 Å². The Hall–Kier alpha value is -1.59. The van der Waals surface area contributed by atoms with E-state index in [1.165, 1.54) is 0 Å². The molecule has 0 atom stereocenters. The zero-order valence-corrected chi connectivity index (χ0v) is 12.6. The van der Waals surface area contributed by atoms with Crippen molar-refractivity contribution >= 4 is 43.2 Å². The largest absolute Gasteiger partial charge is 0.497 e. The first-order valence-electron chi connectivity index (χ1n) is 5.67. The zero-order valence-electron chi connectivity index (χ0n) is 10.2. The summed E-state index contributed by atoms with van der Waals surface area (Å²) in [6.07, 6.45) is 0. The molecule has 0 aliphatic rings. The van der Waals surface area contributed by atoms with Crippen LogP contribution in [0.4, 0.5) is 5.69 Å². The quantitative estimate of drug-likeness (QED) is 0.710. The minimum atomic E-state index is 0.728. The van der Waals surface area contributed by atoms with Gasteiger partial charge in [-0.2, -0.15) is 0 Å². The standard InChI is InChI=1S/C14H11BrN2OS/c1-18-9-3-5-12-13(7-9)19-14(17-12)8-2-4-11(16)10(15)6-8/h2-7H,16H2,1H3. The minimum Gasteiger partial charge on any atom is -0.497 e. The second-order valence-electron chi connectivity index (χ2n) is 4.09. The van der Waals surface area contributed by atoms with E-state index in [2.05, 4.69) is 20.9 Å². The summed E-state index contributed by atoms with van der Waals surface area (Å²) >= 11 is 5.08. The number of fused-ring (bicyclic) bond motifs is 1. The van der Waals surface area contributed by atoms with Gasteiger partial charge in [-0.3, -0.25) is 0 Å². The summed E-state index contributed by atoms with van der Waals surface area (Å²) in [4.78, 5) is 4.63. The molecule has 0 spiro atoms. The molecule has 0 aliphatic heterocycles. The maximum Gasteiger partial charge on any atom is 0.124 e. The molecule has 3 aromatic rings. The summed E-state index contributed by atoms with van der Waals surface area (Å²) in [6, 6.07) is 11.7. The van der Waals surface area contributed by atoms with Crippen molar-refractivity contribution in [3.05, 3.63) is 40.9 Å². The van der Waals surface area contributed by atoms with Gasteiger partial charge in [-0.05, 0) is 52.3 Å². The Labute approximate surface area is 123 Å². The fourth-order valence-corrected chi connectivity index (χ4v) is 3.18. The maximum atomic E-state index is 5.80. The van der Waals surface area contributed by atoms with Crippen molar-refractivity contribution in [3.8, 4) is 16.3 Å². The lowest BCUT2D eigenvalue weighted by atomic mass is 10.2. The van der Waals surface area contributed by atoms with Gasteiger partial charge in [-0.15, -0.1) is 11.3 Å². The highest BCUT2D eigenvalue weighted by Crippen LogP contribution is 2.34. The second kappa shape index (κ2) is 4.83. The number of hydrogen-bond acceptors (Lipinski definition) is 4. The molecule has 0 bridgehead atoms. The van der Waals surface area contributed by atoms with Gasteiger partial charge in [-0.25, -0.2) is 4.98 Å². The highest BCUT2D eigenvalue weighted by molar-refractivity contribution is 9.10. The summed E-state index contributed by atoms with van der Waals surface area (Å²) in [7, 11) is 1.67. The number of hydrogen-bond donors (Lipinski definition) is 1. The van der Waals surface area contributed by atoms with Crippen LogP contribution < -0.4 is 10.5 Å². The molecular formula is C14H11BrN2OS. The van der Waals surface area contributed by atoms with Gasteiger partial charge in [0.15, 0.2) is 0 Å². The highest BCUT2D eigenvalue weighted by Gasteiger charge is 2.08. The second-order valence-corrected chi connectivity index (χ2v) is 5.97. The Kier molecular flexibility index (Phi) is 3.16. The lowest BCUT2D eigenvalue weighted by Gasteiger charge is -2.00. The first-order valence-corrected chi connectivity index (χ1v) is 7.28. The van der Waals surface area contributed by atoms with Crippen molar-refractivity contribution in [1.82, 2.24) is 4.98 Å². The number of rotatable bonds is 2. The molecule has 19 heavy (non-hydrogen) atoms. The van der Waals surface area contributed by atoms with E-state index in [-0.39, 0.29) is 0 Å². The minimum absolute atomic E-state index is 0.728. The van der Waals surface area contributed by atoms with Crippen LogP contribution in [0.15, 0.2) is 40.9 Å². The number of anilines is 1. The van der Waals surface area contributed by atoms with Gasteiger partial charge in [0.2, 0.25) is 0 Å². The Morgan fingerprint density at radius 1 is 1.21 bits per heavy atom. The van der Waals surface area contributed by atoms with Gasteiger partial charge >= 0.3 is 0 Å². The van der Waals surface area contributed by atoms with Gasteiger partial charge in [-0.1, -0.05) is 0 Å². The molecule has 0 aliphatic carbocycles. The predicted octanol–water partition coefficient (Wildman–Crippen LogP) is 4.32. The fraction of sp³-hybridized carbons (Fsp3) is 0.0714. The van der Waals surface area contributed by atoms with E-state index in [0.29, 0.717) is 0 Å². The third kappa shape index (κ3) is 2.31. The van der Waals surface area contributed by atoms with Crippen molar-refractivity contribution in [3.63, 3.8) is 0 Å². The van der Waals surface area contributed by atoms with E-state index in [1.54, 1.807) is 18.4 Å². The number of thiazole rings is 1. The average Bonchev–Trinajstić information content (AvgIpc) is 2.84. The molecule has 96 valence electrons. The first kappa shape index (κ1) is 12.4. The number of aromatic nitrogens is 1. The highest BCUT2D eigenvalue weighted by atomic mass is 79.9. The molecule has 3 rings (SSSR count). The van der Waals surface area contributed by atoms with Crippen molar-refractivity contribution in [2.24, 2.45) is 0 Å². The number of nitrogen functional groups attached to an aromatic ring is 1. The van der Waals surface area contributed by atoms with E-state index in [0.717, 1.165) is 36.7 Å². The smallest absolute Gasteiger partial charge is 0.124 e. The van der Waals surface area contributed by atoms with Crippen LogP contribution in [0.3, 0.4) is 0 Å². The van der Waals surface area contributed by atoms with Crippen molar-refractivity contribution in [1.29, 1.82) is 0 Å². The van der Waals surface area contributed by atoms with Gasteiger partial charge < -0.3 is 10.5 Å². The number of ether oxygens (including phenoxy) is 1. The maximum absolute atomic E-state index is 5.80. The lowest BCUT2D eigenvalue weighted by Crippen LogP contribution is -1.86. The lowest BCUT2D eigenvalue weighted by molar-refractivity contribution is 0.415. The molecule has 0 fully saturated rings. The number of methoxy groups -OCH3 is 1. The van der Waals surface area contributed by atoms with Crippen LogP contribution in [0.1, 0.15) is 0 Å². The number of nitrogens with zero attached hydrogens (tertiary/aromatic N) is 1. The molecular weight excluding hydrogens is 324 g/mol. The Balaban J connectivity index is 2.11. The van der Waals surface area contributed by atoms with E-state index < -0.39 is 0 Å². The van der Waals surface area contributed by atoms with Gasteiger partial charge in [0.1, 0.15) is 10.8 Å². The normalized spacial score (nSPS) is 10.8. The molecule has 3 nitrogen and oxygen atoms in total. The van der Waals surface area contributed by atoms with Crippen LogP contribution in [0, 0.1) is 0 Å². The van der Waals surface area contributed by atoms with Gasteiger partial charge in [0.05, 0.1) is 17.3 Å². The predicted molar refractivity (Wildman–Crippen MR) is 83.7 cm³/mol. The monoisotopic (exact) mass is 334 g/mol. The van der Waals surface area contributed by atoms with Gasteiger partial charge in [0, 0.05) is 15.7 Å². The van der Waals surface area contributed by atoms with Crippen LogP contribution in [-0.2, 0) is 0 Å². The third-order valence-electron chi connectivity index (χ3n) is 2.84. The SMILES string of the molecule is COc1ccc2nc(-c3ccc(N)c(Br)c3)sc2c1. The summed E-state index contributed by atoms with van der Waals surface area (Å²) < 4.78 is 7.23. The summed E-state index contributed by atoms with van der Waals surface area (Å²) in [5, 5.41) is 0.976. The molecule has 5 heteroatoms. The van der Waals surface area contributed by atoms with Crippen LogP contribution >= 0.6 is 27.3 Å². The van der Waals surface area contributed by atoms with Crippen LogP contribution in [0.5, 0.6) is 5.75 Å². The zero-order chi connectivity index (χ0) is 13.4. The number of halogens is 1. The Morgan fingerprint density at radius 2 is 2.05 bits per heavy atom. The Bertz CT molecular complexity index is 754. The number of nitrogens with two attached hydrogens (primary N) is 1. The first-order chi connectivity index (χ1) is 9.17. The summed E-state index contributed by atoms with van der Waals surface area (Å²) in [5.41, 5.74) is 8.56. The molecule has 0 saturated heterocycles. The summed E-state index contributed by atoms with van der Waals surface area (Å²) in [6.45, 7) is 0. The fourth-order valence-electron chi connectivity index (χ4n) is 1.82. The van der Waals surface area contributed by atoms with E-state index in [9.17, 15) is 0 Å². The molecule has 1 heterocycles. The topological polar surface area (TPSA) is 48.1 Å². The molecule has 1 aromatic heterocycles. The van der Waals surface area contributed by atoms with Crippen LogP contribution in [0.2, 0.25) is 0 Å². The van der Waals surface area contributed by atoms with Crippen molar-refractivity contribution in [2.75, 3.05) is 12.8 Å².